The lowest BCUT2D eigenvalue weighted by molar-refractivity contribution is 1.28. The summed E-state index contributed by atoms with van der Waals surface area (Å²) in [6.45, 7) is 5.32. The summed E-state index contributed by atoms with van der Waals surface area (Å²) in [5, 5.41) is 0.335. The average molecular weight is 233 g/mol. The Hall–Kier alpha value is -1.81. The largest absolute Gasteiger partial charge is 0.262 e. The molecule has 1 aromatic heterocycles. The van der Waals surface area contributed by atoms with Crippen LogP contribution in [0.3, 0.4) is 0 Å². The molecule has 2 aromatic rings. The van der Waals surface area contributed by atoms with Gasteiger partial charge in [0.2, 0.25) is 0 Å². The van der Waals surface area contributed by atoms with Crippen LogP contribution in [-0.2, 0) is 0 Å². The van der Waals surface area contributed by atoms with E-state index in [0.717, 1.165) is 5.52 Å². The second kappa shape index (κ2) is 4.37. The van der Waals surface area contributed by atoms with Gasteiger partial charge >= 0.3 is 0 Å². The van der Waals surface area contributed by atoms with Gasteiger partial charge in [-0.3, -0.25) is 15.0 Å². The zero-order valence-electron chi connectivity index (χ0n) is 8.68. The fraction of sp³-hybridized carbons (Fsp3) is 0.0909. The van der Waals surface area contributed by atoms with Gasteiger partial charge in [-0.1, -0.05) is 11.6 Å². The summed E-state index contributed by atoms with van der Waals surface area (Å²) >= 11 is 5.81. The molecule has 2 rings (SSSR count). The highest BCUT2D eigenvalue weighted by Crippen LogP contribution is 2.34. The van der Waals surface area contributed by atoms with Crippen molar-refractivity contribution in [3.05, 3.63) is 23.5 Å². The van der Waals surface area contributed by atoms with Crippen LogP contribution < -0.4 is 0 Å². The van der Waals surface area contributed by atoms with Gasteiger partial charge in [0.25, 0.3) is 0 Å². The number of nitrogens with zero attached hydrogens (tertiary/aromatic N) is 4. The highest BCUT2D eigenvalue weighted by atomic mass is 35.5. The Morgan fingerprint density at radius 3 is 2.94 bits per heavy atom. The lowest BCUT2D eigenvalue weighted by Gasteiger charge is -2.03. The molecule has 0 atom stereocenters. The topological polar surface area (TPSA) is 50.5 Å². The SMILES string of the molecule is C=Nc1ccc2ncc(Cl)nc2c1/N=C\C. The van der Waals surface area contributed by atoms with E-state index < -0.39 is 0 Å². The Morgan fingerprint density at radius 2 is 2.25 bits per heavy atom. The van der Waals surface area contributed by atoms with E-state index in [0.29, 0.717) is 22.0 Å². The Kier molecular flexibility index (Phi) is 2.92. The predicted octanol–water partition coefficient (Wildman–Crippen LogP) is 3.34. The number of rotatable bonds is 2. The Bertz CT molecular complexity index is 577. The van der Waals surface area contributed by atoms with Crippen molar-refractivity contribution in [2.24, 2.45) is 9.98 Å². The Balaban J connectivity index is 2.86. The number of aromatic nitrogens is 2. The summed E-state index contributed by atoms with van der Waals surface area (Å²) in [6.07, 6.45) is 3.18. The molecule has 0 saturated heterocycles. The molecule has 80 valence electrons. The van der Waals surface area contributed by atoms with Gasteiger partial charge in [0, 0.05) is 6.21 Å². The van der Waals surface area contributed by atoms with E-state index in [1.54, 1.807) is 12.3 Å². The number of hydrogen-bond acceptors (Lipinski definition) is 4. The molecule has 0 aliphatic heterocycles. The van der Waals surface area contributed by atoms with Crippen LogP contribution in [0.1, 0.15) is 6.92 Å². The van der Waals surface area contributed by atoms with Gasteiger partial charge < -0.3 is 0 Å². The smallest absolute Gasteiger partial charge is 0.148 e. The van der Waals surface area contributed by atoms with E-state index in [1.165, 1.54) is 6.20 Å². The molecule has 0 aliphatic carbocycles. The summed E-state index contributed by atoms with van der Waals surface area (Å²) in [6, 6.07) is 3.62. The minimum atomic E-state index is 0.335. The van der Waals surface area contributed by atoms with Gasteiger partial charge in [0.1, 0.15) is 16.4 Å². The third-order valence-electron chi connectivity index (χ3n) is 2.07. The zero-order valence-corrected chi connectivity index (χ0v) is 9.44. The minimum Gasteiger partial charge on any atom is -0.262 e. The molecule has 16 heavy (non-hydrogen) atoms. The molecule has 0 bridgehead atoms. The lowest BCUT2D eigenvalue weighted by atomic mass is 10.2. The second-order valence-electron chi connectivity index (χ2n) is 3.04. The van der Waals surface area contributed by atoms with Gasteiger partial charge in [0.15, 0.2) is 0 Å². The van der Waals surface area contributed by atoms with E-state index in [2.05, 4.69) is 26.7 Å². The third kappa shape index (κ3) is 1.79. The number of aliphatic imine (C=N–C) groups is 2. The van der Waals surface area contributed by atoms with Gasteiger partial charge in [-0.2, -0.15) is 0 Å². The summed E-state index contributed by atoms with van der Waals surface area (Å²) in [5.74, 6) is 0. The number of halogens is 1. The minimum absolute atomic E-state index is 0.335. The van der Waals surface area contributed by atoms with Crippen LogP contribution in [0.25, 0.3) is 11.0 Å². The van der Waals surface area contributed by atoms with Crippen molar-refractivity contribution in [2.45, 2.75) is 6.92 Å². The molecule has 0 unspecified atom stereocenters. The van der Waals surface area contributed by atoms with Gasteiger partial charge in [-0.25, -0.2) is 4.98 Å². The van der Waals surface area contributed by atoms with Crippen LogP contribution in [0.2, 0.25) is 5.15 Å². The molecular formula is C11H9ClN4. The number of fused-ring (bicyclic) bond motifs is 1. The van der Waals surface area contributed by atoms with Crippen molar-refractivity contribution < 1.29 is 0 Å². The summed E-state index contributed by atoms with van der Waals surface area (Å²) in [7, 11) is 0. The molecule has 1 aromatic carbocycles. The van der Waals surface area contributed by atoms with Gasteiger partial charge in [0.05, 0.1) is 17.4 Å². The zero-order chi connectivity index (χ0) is 11.5. The summed E-state index contributed by atoms with van der Waals surface area (Å²) < 4.78 is 0. The Morgan fingerprint density at radius 1 is 1.44 bits per heavy atom. The molecule has 1 heterocycles. The lowest BCUT2D eigenvalue weighted by Crippen LogP contribution is -1.85. The van der Waals surface area contributed by atoms with E-state index in [4.69, 9.17) is 11.6 Å². The first-order valence-corrected chi connectivity index (χ1v) is 5.04. The molecule has 0 aliphatic rings. The monoisotopic (exact) mass is 232 g/mol. The molecule has 4 nitrogen and oxygen atoms in total. The Labute approximate surface area is 97.7 Å². The normalized spacial score (nSPS) is 11.1. The van der Waals surface area contributed by atoms with Crippen molar-refractivity contribution in [1.29, 1.82) is 0 Å². The molecule has 0 amide bonds. The number of hydrogen-bond donors (Lipinski definition) is 0. The van der Waals surface area contributed by atoms with Crippen molar-refractivity contribution in [3.8, 4) is 0 Å². The summed E-state index contributed by atoms with van der Waals surface area (Å²) in [5.41, 5.74) is 2.68. The second-order valence-corrected chi connectivity index (χ2v) is 3.43. The van der Waals surface area contributed by atoms with Crippen LogP contribution in [0, 0.1) is 0 Å². The van der Waals surface area contributed by atoms with Crippen LogP contribution in [0.5, 0.6) is 0 Å². The van der Waals surface area contributed by atoms with E-state index in [1.807, 2.05) is 13.0 Å². The molecule has 0 saturated carbocycles. The van der Waals surface area contributed by atoms with Crippen LogP contribution in [-0.4, -0.2) is 22.9 Å². The molecule has 5 heteroatoms. The van der Waals surface area contributed by atoms with Gasteiger partial charge in [-0.05, 0) is 25.8 Å². The van der Waals surface area contributed by atoms with E-state index in [-0.39, 0.29) is 0 Å². The van der Waals surface area contributed by atoms with E-state index in [9.17, 15) is 0 Å². The van der Waals surface area contributed by atoms with Crippen LogP contribution >= 0.6 is 11.6 Å². The van der Waals surface area contributed by atoms with Crippen molar-refractivity contribution >= 4 is 46.9 Å². The van der Waals surface area contributed by atoms with Crippen molar-refractivity contribution in [1.82, 2.24) is 9.97 Å². The maximum absolute atomic E-state index is 5.81. The fourth-order valence-corrected chi connectivity index (χ4v) is 1.55. The standard InChI is InChI=1S/C11H9ClN4/c1-3-14-10-7(13-2)4-5-8-11(10)16-9(12)6-15-8/h3-6H,2H2,1H3/b14-3-. The van der Waals surface area contributed by atoms with Crippen molar-refractivity contribution in [2.75, 3.05) is 0 Å². The molecule has 0 radical (unpaired) electrons. The first-order valence-electron chi connectivity index (χ1n) is 4.67. The first-order chi connectivity index (χ1) is 7.76. The predicted molar refractivity (Wildman–Crippen MR) is 67.6 cm³/mol. The highest BCUT2D eigenvalue weighted by Gasteiger charge is 2.08. The maximum atomic E-state index is 5.81. The van der Waals surface area contributed by atoms with E-state index >= 15 is 0 Å². The molecular weight excluding hydrogens is 224 g/mol. The highest BCUT2D eigenvalue weighted by molar-refractivity contribution is 6.29. The van der Waals surface area contributed by atoms with Crippen LogP contribution in [0.15, 0.2) is 28.3 Å². The summed E-state index contributed by atoms with van der Waals surface area (Å²) in [4.78, 5) is 16.5. The maximum Gasteiger partial charge on any atom is 0.148 e. The fourth-order valence-electron chi connectivity index (χ4n) is 1.42. The average Bonchev–Trinajstić information content (AvgIpc) is 2.30. The molecule has 0 fully saturated rings. The third-order valence-corrected chi connectivity index (χ3v) is 2.25. The van der Waals surface area contributed by atoms with Crippen LogP contribution in [0.4, 0.5) is 11.4 Å². The quantitative estimate of drug-likeness (QED) is 0.746. The number of benzene rings is 1. The molecule has 0 N–H and O–H groups in total. The first kappa shape index (κ1) is 10.7. The van der Waals surface area contributed by atoms with Gasteiger partial charge in [-0.15, -0.1) is 0 Å². The van der Waals surface area contributed by atoms with Crippen molar-refractivity contribution in [3.63, 3.8) is 0 Å². The molecule has 0 spiro atoms.